The minimum atomic E-state index is -4.17. The highest BCUT2D eigenvalue weighted by Crippen LogP contribution is 2.20. The van der Waals surface area contributed by atoms with Gasteiger partial charge in [0.1, 0.15) is 0 Å². The maximum atomic E-state index is 11.8. The first-order chi connectivity index (χ1) is 6.49. The molecule has 3 nitrogen and oxygen atoms in total. The molecule has 0 spiro atoms. The number of rotatable bonds is 3. The lowest BCUT2D eigenvalue weighted by atomic mass is 10.1. The zero-order valence-electron chi connectivity index (χ0n) is 7.72. The van der Waals surface area contributed by atoms with Gasteiger partial charge in [-0.3, -0.25) is 0 Å². The Bertz CT molecular complexity index is 174. The SMILES string of the molecule is NC1CCOCC1OCCC(F)(F)F. The van der Waals surface area contributed by atoms with Crippen molar-refractivity contribution in [3.63, 3.8) is 0 Å². The first-order valence-electron chi connectivity index (χ1n) is 4.51. The van der Waals surface area contributed by atoms with E-state index in [2.05, 4.69) is 0 Å². The lowest BCUT2D eigenvalue weighted by molar-refractivity contribution is -0.155. The number of nitrogens with two attached hydrogens (primary N) is 1. The van der Waals surface area contributed by atoms with Gasteiger partial charge < -0.3 is 15.2 Å². The molecule has 14 heavy (non-hydrogen) atoms. The third kappa shape index (κ3) is 4.26. The zero-order chi connectivity index (χ0) is 10.6. The molecular weight excluding hydrogens is 199 g/mol. The van der Waals surface area contributed by atoms with Crippen molar-refractivity contribution < 1.29 is 22.6 Å². The second kappa shape index (κ2) is 4.95. The van der Waals surface area contributed by atoms with Crippen LogP contribution in [0.15, 0.2) is 0 Å². The molecule has 1 heterocycles. The lowest BCUT2D eigenvalue weighted by Gasteiger charge is -2.28. The summed E-state index contributed by atoms with van der Waals surface area (Å²) in [4.78, 5) is 0. The number of ether oxygens (including phenoxy) is 2. The standard InChI is InChI=1S/C8H14F3NO2/c9-8(10,11)2-4-14-7-5-13-3-1-6(7)12/h6-7H,1-5,12H2. The first-order valence-corrected chi connectivity index (χ1v) is 4.51. The molecule has 6 heteroatoms. The molecule has 1 aliphatic rings. The van der Waals surface area contributed by atoms with Crippen molar-refractivity contribution in [3.8, 4) is 0 Å². The van der Waals surface area contributed by atoms with Crippen LogP contribution in [-0.4, -0.2) is 38.1 Å². The average molecular weight is 213 g/mol. The van der Waals surface area contributed by atoms with Gasteiger partial charge in [-0.15, -0.1) is 0 Å². The third-order valence-corrected chi connectivity index (χ3v) is 2.07. The summed E-state index contributed by atoms with van der Waals surface area (Å²) < 4.78 is 45.3. The maximum absolute atomic E-state index is 11.8. The number of hydrogen-bond acceptors (Lipinski definition) is 3. The molecule has 2 N–H and O–H groups in total. The first kappa shape index (κ1) is 11.7. The molecule has 0 aromatic rings. The molecular formula is C8H14F3NO2. The van der Waals surface area contributed by atoms with E-state index >= 15 is 0 Å². The molecule has 0 saturated carbocycles. The lowest BCUT2D eigenvalue weighted by Crippen LogP contribution is -2.44. The Labute approximate surface area is 80.4 Å². The van der Waals surface area contributed by atoms with E-state index in [1.165, 1.54) is 0 Å². The molecule has 1 fully saturated rings. The van der Waals surface area contributed by atoms with E-state index in [0.717, 1.165) is 0 Å². The van der Waals surface area contributed by atoms with E-state index in [0.29, 0.717) is 19.6 Å². The summed E-state index contributed by atoms with van der Waals surface area (Å²) in [5, 5.41) is 0. The van der Waals surface area contributed by atoms with Crippen molar-refractivity contribution >= 4 is 0 Å². The Morgan fingerprint density at radius 2 is 2.14 bits per heavy atom. The van der Waals surface area contributed by atoms with Gasteiger partial charge in [0.15, 0.2) is 0 Å². The Morgan fingerprint density at radius 1 is 1.43 bits per heavy atom. The van der Waals surface area contributed by atoms with E-state index in [1.807, 2.05) is 0 Å². The Morgan fingerprint density at radius 3 is 2.71 bits per heavy atom. The van der Waals surface area contributed by atoms with Crippen molar-refractivity contribution in [1.29, 1.82) is 0 Å². The molecule has 1 saturated heterocycles. The van der Waals surface area contributed by atoms with Crippen molar-refractivity contribution in [2.24, 2.45) is 5.73 Å². The van der Waals surface area contributed by atoms with Crippen molar-refractivity contribution in [3.05, 3.63) is 0 Å². The maximum Gasteiger partial charge on any atom is 0.391 e. The van der Waals surface area contributed by atoms with Crippen molar-refractivity contribution in [1.82, 2.24) is 0 Å². The van der Waals surface area contributed by atoms with Gasteiger partial charge in [-0.25, -0.2) is 0 Å². The highest BCUT2D eigenvalue weighted by atomic mass is 19.4. The average Bonchev–Trinajstić information content (AvgIpc) is 2.06. The number of halogens is 3. The van der Waals surface area contributed by atoms with E-state index in [9.17, 15) is 13.2 Å². The van der Waals surface area contributed by atoms with Gasteiger partial charge in [0.25, 0.3) is 0 Å². The molecule has 0 radical (unpaired) electrons. The molecule has 1 rings (SSSR count). The van der Waals surface area contributed by atoms with Crippen LogP contribution < -0.4 is 5.73 Å². The fourth-order valence-electron chi connectivity index (χ4n) is 1.23. The fraction of sp³-hybridized carbons (Fsp3) is 1.00. The van der Waals surface area contributed by atoms with E-state index in [1.54, 1.807) is 0 Å². The highest BCUT2D eigenvalue weighted by molar-refractivity contribution is 4.76. The topological polar surface area (TPSA) is 44.5 Å². The molecule has 0 aliphatic carbocycles. The summed E-state index contributed by atoms with van der Waals surface area (Å²) in [5.41, 5.74) is 5.64. The predicted octanol–water partition coefficient (Wildman–Crippen LogP) is 1.07. The molecule has 2 unspecified atom stereocenters. The number of alkyl halides is 3. The summed E-state index contributed by atoms with van der Waals surface area (Å²) in [5.74, 6) is 0. The normalized spacial score (nSPS) is 29.1. The van der Waals surface area contributed by atoms with Crippen LogP contribution in [0.3, 0.4) is 0 Å². The van der Waals surface area contributed by atoms with Gasteiger partial charge in [-0.05, 0) is 6.42 Å². The summed E-state index contributed by atoms with van der Waals surface area (Å²) in [6.45, 7) is 0.505. The van der Waals surface area contributed by atoms with Crippen molar-refractivity contribution in [2.45, 2.75) is 31.2 Å². The van der Waals surface area contributed by atoms with Gasteiger partial charge in [0.2, 0.25) is 0 Å². The van der Waals surface area contributed by atoms with Crippen LogP contribution >= 0.6 is 0 Å². The van der Waals surface area contributed by atoms with Crippen LogP contribution in [0.1, 0.15) is 12.8 Å². The molecule has 0 aromatic carbocycles. The van der Waals surface area contributed by atoms with Gasteiger partial charge in [0.05, 0.1) is 25.7 Å². The molecule has 1 aliphatic heterocycles. The summed E-state index contributed by atoms with van der Waals surface area (Å²) in [7, 11) is 0. The van der Waals surface area contributed by atoms with Crippen LogP contribution in [0.25, 0.3) is 0 Å². The minimum Gasteiger partial charge on any atom is -0.379 e. The predicted molar refractivity (Wildman–Crippen MR) is 43.8 cm³/mol. The van der Waals surface area contributed by atoms with Crippen molar-refractivity contribution in [2.75, 3.05) is 19.8 Å². The van der Waals surface area contributed by atoms with E-state index in [4.69, 9.17) is 15.2 Å². The zero-order valence-corrected chi connectivity index (χ0v) is 7.72. The highest BCUT2D eigenvalue weighted by Gasteiger charge is 2.29. The monoisotopic (exact) mass is 213 g/mol. The molecule has 0 amide bonds. The minimum absolute atomic E-state index is 0.211. The Hall–Kier alpha value is -0.330. The molecule has 2 atom stereocenters. The Kier molecular flexibility index (Phi) is 4.15. The van der Waals surface area contributed by atoms with Gasteiger partial charge in [0, 0.05) is 12.6 Å². The second-order valence-electron chi connectivity index (χ2n) is 3.30. The van der Waals surface area contributed by atoms with Gasteiger partial charge >= 0.3 is 6.18 Å². The molecule has 84 valence electrons. The summed E-state index contributed by atoms with van der Waals surface area (Å²) in [6, 6.07) is -0.211. The van der Waals surface area contributed by atoms with Crippen LogP contribution in [0.5, 0.6) is 0 Å². The van der Waals surface area contributed by atoms with E-state index < -0.39 is 18.7 Å². The van der Waals surface area contributed by atoms with E-state index in [-0.39, 0.29) is 12.6 Å². The second-order valence-corrected chi connectivity index (χ2v) is 3.30. The Balaban J connectivity index is 2.17. The van der Waals surface area contributed by atoms with Gasteiger partial charge in [-0.2, -0.15) is 13.2 Å². The third-order valence-electron chi connectivity index (χ3n) is 2.07. The number of hydrogen-bond donors (Lipinski definition) is 1. The van der Waals surface area contributed by atoms with Crippen LogP contribution in [0, 0.1) is 0 Å². The summed E-state index contributed by atoms with van der Waals surface area (Å²) >= 11 is 0. The largest absolute Gasteiger partial charge is 0.391 e. The van der Waals surface area contributed by atoms with Gasteiger partial charge in [-0.1, -0.05) is 0 Å². The quantitative estimate of drug-likeness (QED) is 0.762. The summed E-state index contributed by atoms with van der Waals surface area (Å²) in [6.07, 6.45) is -4.86. The van der Waals surface area contributed by atoms with Crippen LogP contribution in [0.2, 0.25) is 0 Å². The fourth-order valence-corrected chi connectivity index (χ4v) is 1.23. The van der Waals surface area contributed by atoms with Crippen LogP contribution in [0.4, 0.5) is 13.2 Å². The van der Waals surface area contributed by atoms with Crippen LogP contribution in [-0.2, 0) is 9.47 Å². The molecule has 0 bridgehead atoms. The smallest absolute Gasteiger partial charge is 0.379 e. The molecule has 0 aromatic heterocycles.